The number of hydrogen-bond donors (Lipinski definition) is 1. The van der Waals surface area contributed by atoms with Crippen LogP contribution in [0.5, 0.6) is 0 Å². The van der Waals surface area contributed by atoms with Gasteiger partial charge in [-0.15, -0.1) is 0 Å². The Kier molecular flexibility index (Phi) is 4.53. The lowest BCUT2D eigenvalue weighted by Crippen LogP contribution is -2.06. The summed E-state index contributed by atoms with van der Waals surface area (Å²) < 4.78 is 13.4. The molecule has 0 heterocycles. The molecule has 0 bridgehead atoms. The highest BCUT2D eigenvalue weighted by Crippen LogP contribution is 2.26. The number of halogens is 2. The summed E-state index contributed by atoms with van der Waals surface area (Å²) in [7, 11) is 0. The lowest BCUT2D eigenvalue weighted by atomic mass is 10.1. The number of nitrogens with zero attached hydrogens (tertiary/aromatic N) is 1. The van der Waals surface area contributed by atoms with Gasteiger partial charge >= 0.3 is 0 Å². The van der Waals surface area contributed by atoms with Crippen molar-refractivity contribution in [1.29, 1.82) is 0 Å². The van der Waals surface area contributed by atoms with Crippen LogP contribution in [0.15, 0.2) is 42.5 Å². The lowest BCUT2D eigenvalue weighted by Gasteiger charge is -2.08. The quantitative estimate of drug-likeness (QED) is 0.669. The average Bonchev–Trinajstić information content (AvgIpc) is 2.42. The summed E-state index contributed by atoms with van der Waals surface area (Å²) in [5.41, 5.74) is 1.14. The number of nitrogens with one attached hydrogen (secondary N) is 1. The maximum Gasteiger partial charge on any atom is 0.271 e. The zero-order valence-electron chi connectivity index (χ0n) is 10.5. The smallest absolute Gasteiger partial charge is 0.271 e. The zero-order chi connectivity index (χ0) is 14.5. The van der Waals surface area contributed by atoms with Gasteiger partial charge in [0.15, 0.2) is 0 Å². The summed E-state index contributed by atoms with van der Waals surface area (Å²) in [6.07, 6.45) is 0.500. The predicted octanol–water partition coefficient (Wildman–Crippen LogP) is 4.04. The van der Waals surface area contributed by atoms with E-state index in [2.05, 4.69) is 5.32 Å². The number of benzene rings is 2. The van der Waals surface area contributed by atoms with Crippen LogP contribution in [0.1, 0.15) is 5.56 Å². The van der Waals surface area contributed by atoms with E-state index in [1.165, 1.54) is 18.2 Å². The van der Waals surface area contributed by atoms with E-state index in [1.54, 1.807) is 24.3 Å². The van der Waals surface area contributed by atoms with Crippen LogP contribution in [0.4, 0.5) is 15.8 Å². The van der Waals surface area contributed by atoms with Crippen LogP contribution >= 0.6 is 11.6 Å². The molecule has 0 atom stereocenters. The fourth-order valence-electron chi connectivity index (χ4n) is 1.79. The number of nitro groups is 1. The van der Waals surface area contributed by atoms with E-state index in [0.717, 1.165) is 0 Å². The highest BCUT2D eigenvalue weighted by molar-refractivity contribution is 6.33. The predicted molar refractivity (Wildman–Crippen MR) is 76.7 cm³/mol. The molecule has 0 spiro atoms. The van der Waals surface area contributed by atoms with Gasteiger partial charge in [-0.1, -0.05) is 29.8 Å². The molecule has 0 aliphatic rings. The molecule has 0 radical (unpaired) electrons. The summed E-state index contributed by atoms with van der Waals surface area (Å²) in [5.74, 6) is -0.246. The number of anilines is 1. The average molecular weight is 295 g/mol. The summed E-state index contributed by atoms with van der Waals surface area (Å²) in [5, 5.41) is 13.9. The molecule has 0 saturated heterocycles. The van der Waals surface area contributed by atoms with Crippen LogP contribution < -0.4 is 5.32 Å². The first-order valence-corrected chi connectivity index (χ1v) is 6.37. The van der Waals surface area contributed by atoms with E-state index in [1.807, 2.05) is 0 Å². The molecule has 20 heavy (non-hydrogen) atoms. The van der Waals surface area contributed by atoms with Gasteiger partial charge in [0.1, 0.15) is 5.82 Å². The third-order valence-electron chi connectivity index (χ3n) is 2.83. The number of nitro benzene ring substituents is 1. The van der Waals surface area contributed by atoms with Crippen molar-refractivity contribution in [3.05, 3.63) is 69.0 Å². The molecule has 2 aromatic carbocycles. The second-order valence-corrected chi connectivity index (χ2v) is 4.60. The van der Waals surface area contributed by atoms with E-state index in [-0.39, 0.29) is 16.5 Å². The summed E-state index contributed by atoms with van der Waals surface area (Å²) in [6, 6.07) is 10.7. The van der Waals surface area contributed by atoms with E-state index in [4.69, 9.17) is 11.6 Å². The molecule has 4 nitrogen and oxygen atoms in total. The number of rotatable bonds is 5. The van der Waals surface area contributed by atoms with Crippen molar-refractivity contribution in [2.24, 2.45) is 0 Å². The van der Waals surface area contributed by atoms with Gasteiger partial charge in [-0.2, -0.15) is 0 Å². The topological polar surface area (TPSA) is 55.2 Å². The largest absolute Gasteiger partial charge is 0.384 e. The molecule has 0 aromatic heterocycles. The minimum atomic E-state index is -0.505. The van der Waals surface area contributed by atoms with E-state index in [9.17, 15) is 14.5 Å². The Morgan fingerprint density at radius 2 is 2.00 bits per heavy atom. The van der Waals surface area contributed by atoms with Gasteiger partial charge in [0.2, 0.25) is 0 Å². The molecule has 0 aliphatic heterocycles. The maximum atomic E-state index is 13.4. The Labute approximate surface area is 120 Å². The van der Waals surface area contributed by atoms with Gasteiger partial charge < -0.3 is 5.32 Å². The fourth-order valence-corrected chi connectivity index (χ4v) is 2.04. The second-order valence-electron chi connectivity index (χ2n) is 4.19. The van der Waals surface area contributed by atoms with E-state index < -0.39 is 4.92 Å². The second kappa shape index (κ2) is 6.34. The Morgan fingerprint density at radius 3 is 2.65 bits per heavy atom. The molecule has 2 aromatic rings. The Morgan fingerprint density at radius 1 is 1.25 bits per heavy atom. The number of hydrogen-bond acceptors (Lipinski definition) is 3. The molecular weight excluding hydrogens is 283 g/mol. The summed E-state index contributed by atoms with van der Waals surface area (Å²) in [6.45, 7) is 0.485. The van der Waals surface area contributed by atoms with Gasteiger partial charge in [-0.05, 0) is 24.1 Å². The van der Waals surface area contributed by atoms with E-state index in [0.29, 0.717) is 24.2 Å². The minimum Gasteiger partial charge on any atom is -0.384 e. The Hall–Kier alpha value is -2.14. The molecular formula is C14H12ClFN2O2. The highest BCUT2D eigenvalue weighted by atomic mass is 35.5. The van der Waals surface area contributed by atoms with Crippen LogP contribution in [-0.4, -0.2) is 11.5 Å². The van der Waals surface area contributed by atoms with Gasteiger partial charge in [-0.25, -0.2) is 4.39 Å². The van der Waals surface area contributed by atoms with Crippen LogP contribution in [0, 0.1) is 15.9 Å². The Balaban J connectivity index is 1.98. The van der Waals surface area contributed by atoms with Crippen molar-refractivity contribution >= 4 is 23.0 Å². The van der Waals surface area contributed by atoms with E-state index >= 15 is 0 Å². The zero-order valence-corrected chi connectivity index (χ0v) is 11.2. The van der Waals surface area contributed by atoms with Crippen LogP contribution in [0.3, 0.4) is 0 Å². The maximum absolute atomic E-state index is 13.4. The molecule has 0 aliphatic carbocycles. The standard InChI is InChI=1S/C14H12ClFN2O2/c15-12-9-11(18(19)20)5-6-14(12)17-8-7-10-3-1-2-4-13(10)16/h1-6,9,17H,7-8H2. The van der Waals surface area contributed by atoms with Crippen molar-refractivity contribution in [3.63, 3.8) is 0 Å². The van der Waals surface area contributed by atoms with Crippen LogP contribution in [0.2, 0.25) is 5.02 Å². The SMILES string of the molecule is O=[N+]([O-])c1ccc(NCCc2ccccc2F)c(Cl)c1. The molecule has 0 unspecified atom stereocenters. The molecule has 104 valence electrons. The summed E-state index contributed by atoms with van der Waals surface area (Å²) in [4.78, 5) is 10.1. The van der Waals surface area contributed by atoms with Gasteiger partial charge in [0.25, 0.3) is 5.69 Å². The summed E-state index contributed by atoms with van der Waals surface area (Å²) >= 11 is 5.95. The van der Waals surface area contributed by atoms with Gasteiger partial charge in [0, 0.05) is 18.7 Å². The molecule has 0 fully saturated rings. The fraction of sp³-hybridized carbons (Fsp3) is 0.143. The first-order chi connectivity index (χ1) is 9.58. The first-order valence-electron chi connectivity index (χ1n) is 5.99. The number of non-ortho nitro benzene ring substituents is 1. The van der Waals surface area contributed by atoms with Crippen molar-refractivity contribution in [3.8, 4) is 0 Å². The van der Waals surface area contributed by atoms with Crippen molar-refractivity contribution in [2.75, 3.05) is 11.9 Å². The van der Waals surface area contributed by atoms with Crippen molar-refractivity contribution in [2.45, 2.75) is 6.42 Å². The first kappa shape index (κ1) is 14.3. The van der Waals surface area contributed by atoms with Crippen molar-refractivity contribution in [1.82, 2.24) is 0 Å². The molecule has 0 saturated carbocycles. The van der Waals surface area contributed by atoms with Crippen LogP contribution in [0.25, 0.3) is 0 Å². The van der Waals surface area contributed by atoms with Gasteiger partial charge in [0.05, 0.1) is 15.6 Å². The third kappa shape index (κ3) is 3.45. The molecule has 2 rings (SSSR count). The third-order valence-corrected chi connectivity index (χ3v) is 3.14. The van der Waals surface area contributed by atoms with Crippen molar-refractivity contribution < 1.29 is 9.31 Å². The van der Waals surface area contributed by atoms with Crippen LogP contribution in [-0.2, 0) is 6.42 Å². The van der Waals surface area contributed by atoms with Gasteiger partial charge in [-0.3, -0.25) is 10.1 Å². The Bertz CT molecular complexity index is 634. The molecule has 0 amide bonds. The molecule has 1 N–H and O–H groups in total. The normalized spacial score (nSPS) is 10.3. The minimum absolute atomic E-state index is 0.0605. The molecule has 6 heteroatoms. The lowest BCUT2D eigenvalue weighted by molar-refractivity contribution is -0.384. The highest BCUT2D eigenvalue weighted by Gasteiger charge is 2.09. The monoisotopic (exact) mass is 294 g/mol.